The second-order valence-electron chi connectivity index (χ2n) is 5.02. The van der Waals surface area contributed by atoms with Crippen LogP contribution in [-0.2, 0) is 4.74 Å². The van der Waals surface area contributed by atoms with E-state index in [2.05, 4.69) is 10.2 Å². The van der Waals surface area contributed by atoms with E-state index in [9.17, 15) is 4.79 Å². The Labute approximate surface area is 145 Å². The van der Waals surface area contributed by atoms with Crippen LogP contribution in [0.2, 0.25) is 10.0 Å². The molecule has 0 saturated carbocycles. The van der Waals surface area contributed by atoms with E-state index in [0.29, 0.717) is 22.2 Å². The van der Waals surface area contributed by atoms with Crippen LogP contribution in [-0.4, -0.2) is 55.1 Å². The number of rotatable bonds is 6. The molecule has 0 bridgehead atoms. The topological polar surface area (TPSA) is 41.6 Å². The van der Waals surface area contributed by atoms with Crippen LogP contribution in [0.25, 0.3) is 0 Å². The lowest BCUT2D eigenvalue weighted by Gasteiger charge is -2.26. The van der Waals surface area contributed by atoms with E-state index in [1.165, 1.54) is 6.07 Å². The number of Topliss-reactive ketones (excluding diaryl/α,β-unsaturated/α-hetero) is 1. The molecule has 120 valence electrons. The van der Waals surface area contributed by atoms with Gasteiger partial charge < -0.3 is 10.1 Å². The standard InChI is InChI=1S/C15H18Cl2N2O2S/c16-11-2-3-12(13(17)10-11)14(20)15(22)18-4-1-5-19-6-8-21-9-7-19/h2-3,10H,1,4-9H2,(H,18,22). The maximum absolute atomic E-state index is 12.2. The van der Waals surface area contributed by atoms with Gasteiger partial charge in [0.25, 0.3) is 0 Å². The quantitative estimate of drug-likeness (QED) is 0.480. The van der Waals surface area contributed by atoms with Gasteiger partial charge in [-0.3, -0.25) is 9.69 Å². The Hall–Kier alpha value is -0.720. The summed E-state index contributed by atoms with van der Waals surface area (Å²) < 4.78 is 5.30. The largest absolute Gasteiger partial charge is 0.379 e. The predicted octanol–water partition coefficient (Wildman–Crippen LogP) is 2.82. The molecule has 1 aliphatic rings. The highest BCUT2D eigenvalue weighted by Gasteiger charge is 2.16. The fourth-order valence-corrected chi connectivity index (χ4v) is 2.91. The summed E-state index contributed by atoms with van der Waals surface area (Å²) in [6.07, 6.45) is 0.918. The van der Waals surface area contributed by atoms with E-state index >= 15 is 0 Å². The van der Waals surface area contributed by atoms with Crippen molar-refractivity contribution < 1.29 is 9.53 Å². The maximum Gasteiger partial charge on any atom is 0.221 e. The molecule has 0 aromatic heterocycles. The van der Waals surface area contributed by atoms with Crippen molar-refractivity contribution in [3.63, 3.8) is 0 Å². The number of hydrogen-bond donors (Lipinski definition) is 1. The van der Waals surface area contributed by atoms with E-state index in [-0.39, 0.29) is 10.8 Å². The smallest absolute Gasteiger partial charge is 0.221 e. The monoisotopic (exact) mass is 360 g/mol. The van der Waals surface area contributed by atoms with Crippen LogP contribution in [0.3, 0.4) is 0 Å². The van der Waals surface area contributed by atoms with Crippen LogP contribution in [0.15, 0.2) is 18.2 Å². The summed E-state index contributed by atoms with van der Waals surface area (Å²) in [7, 11) is 0. The van der Waals surface area contributed by atoms with Gasteiger partial charge in [-0.05, 0) is 31.2 Å². The van der Waals surface area contributed by atoms with Gasteiger partial charge in [-0.1, -0.05) is 35.4 Å². The summed E-state index contributed by atoms with van der Waals surface area (Å²) in [5, 5.41) is 3.80. The molecule has 2 rings (SSSR count). The highest BCUT2D eigenvalue weighted by atomic mass is 35.5. The minimum Gasteiger partial charge on any atom is -0.379 e. The Bertz CT molecular complexity index is 548. The molecule has 0 unspecified atom stereocenters. The van der Waals surface area contributed by atoms with E-state index in [1.54, 1.807) is 12.1 Å². The Balaban J connectivity index is 1.75. The fourth-order valence-electron chi connectivity index (χ4n) is 2.21. The molecule has 1 saturated heterocycles. The van der Waals surface area contributed by atoms with Crippen LogP contribution in [0.1, 0.15) is 16.8 Å². The van der Waals surface area contributed by atoms with E-state index in [4.69, 9.17) is 40.2 Å². The molecule has 0 atom stereocenters. The molecule has 7 heteroatoms. The zero-order chi connectivity index (χ0) is 15.9. The summed E-state index contributed by atoms with van der Waals surface area (Å²) in [5.41, 5.74) is 0.372. The maximum atomic E-state index is 12.2. The molecule has 1 heterocycles. The lowest BCUT2D eigenvalue weighted by molar-refractivity contribution is 0.0376. The first kappa shape index (κ1) is 17.6. The van der Waals surface area contributed by atoms with E-state index < -0.39 is 0 Å². The average Bonchev–Trinajstić information content (AvgIpc) is 2.52. The molecule has 0 spiro atoms. The second-order valence-corrected chi connectivity index (χ2v) is 6.27. The Morgan fingerprint density at radius 1 is 1.32 bits per heavy atom. The Morgan fingerprint density at radius 2 is 2.05 bits per heavy atom. The number of thiocarbonyl (C=S) groups is 1. The first-order valence-electron chi connectivity index (χ1n) is 7.15. The molecule has 1 fully saturated rings. The third-order valence-electron chi connectivity index (χ3n) is 3.42. The molecule has 0 aliphatic carbocycles. The summed E-state index contributed by atoms with van der Waals surface area (Å²) in [6, 6.07) is 4.76. The molecular weight excluding hydrogens is 343 g/mol. The van der Waals surface area contributed by atoms with Gasteiger partial charge in [0.1, 0.15) is 4.99 Å². The third kappa shape index (κ3) is 5.18. The van der Waals surface area contributed by atoms with Gasteiger partial charge in [0.15, 0.2) is 0 Å². The second kappa shape index (κ2) is 8.79. The van der Waals surface area contributed by atoms with Gasteiger partial charge in [-0.15, -0.1) is 0 Å². The van der Waals surface area contributed by atoms with Crippen molar-refractivity contribution in [1.82, 2.24) is 10.2 Å². The minimum absolute atomic E-state index is 0.186. The van der Waals surface area contributed by atoms with Crippen LogP contribution < -0.4 is 5.32 Å². The van der Waals surface area contributed by atoms with Crippen molar-refractivity contribution in [2.75, 3.05) is 39.4 Å². The molecule has 22 heavy (non-hydrogen) atoms. The van der Waals surface area contributed by atoms with Gasteiger partial charge >= 0.3 is 0 Å². The number of nitrogens with zero attached hydrogens (tertiary/aromatic N) is 1. The van der Waals surface area contributed by atoms with Crippen molar-refractivity contribution in [2.45, 2.75) is 6.42 Å². The number of ketones is 1. The van der Waals surface area contributed by atoms with Crippen molar-refractivity contribution in [3.8, 4) is 0 Å². The van der Waals surface area contributed by atoms with Crippen molar-refractivity contribution in [1.29, 1.82) is 0 Å². The number of ether oxygens (including phenoxy) is 1. The number of benzene rings is 1. The summed E-state index contributed by atoms with van der Waals surface area (Å²) in [6.45, 7) is 5.13. The van der Waals surface area contributed by atoms with E-state index in [0.717, 1.165) is 39.3 Å². The fraction of sp³-hybridized carbons (Fsp3) is 0.467. The first-order valence-corrected chi connectivity index (χ1v) is 8.32. The number of morpholine rings is 1. The first-order chi connectivity index (χ1) is 10.6. The molecule has 1 N–H and O–H groups in total. The lowest BCUT2D eigenvalue weighted by Crippen LogP contribution is -2.38. The van der Waals surface area contributed by atoms with Gasteiger partial charge in [-0.25, -0.2) is 0 Å². The van der Waals surface area contributed by atoms with Crippen molar-refractivity contribution in [2.24, 2.45) is 0 Å². The summed E-state index contributed by atoms with van der Waals surface area (Å²) in [5.74, 6) is -0.275. The van der Waals surface area contributed by atoms with Gasteiger partial charge in [0.2, 0.25) is 5.78 Å². The molecule has 1 aromatic carbocycles. The number of nitrogens with one attached hydrogen (secondary N) is 1. The zero-order valence-electron chi connectivity index (χ0n) is 12.1. The highest BCUT2D eigenvalue weighted by Crippen LogP contribution is 2.21. The highest BCUT2D eigenvalue weighted by molar-refractivity contribution is 7.82. The van der Waals surface area contributed by atoms with Crippen LogP contribution in [0.4, 0.5) is 0 Å². The Morgan fingerprint density at radius 3 is 2.73 bits per heavy atom. The van der Waals surface area contributed by atoms with Crippen LogP contribution in [0.5, 0.6) is 0 Å². The van der Waals surface area contributed by atoms with E-state index in [1.807, 2.05) is 0 Å². The number of halogens is 2. The molecule has 0 radical (unpaired) electrons. The van der Waals surface area contributed by atoms with Gasteiger partial charge in [-0.2, -0.15) is 0 Å². The van der Waals surface area contributed by atoms with Crippen LogP contribution in [0, 0.1) is 0 Å². The van der Waals surface area contributed by atoms with Crippen molar-refractivity contribution in [3.05, 3.63) is 33.8 Å². The molecule has 4 nitrogen and oxygen atoms in total. The summed E-state index contributed by atoms with van der Waals surface area (Å²) >= 11 is 17.0. The molecular formula is C15H18Cl2N2O2S. The zero-order valence-corrected chi connectivity index (χ0v) is 14.4. The lowest BCUT2D eigenvalue weighted by atomic mass is 10.1. The third-order valence-corrected chi connectivity index (χ3v) is 4.30. The van der Waals surface area contributed by atoms with Gasteiger partial charge in [0, 0.05) is 30.2 Å². The number of carbonyl (C=O) groups is 1. The van der Waals surface area contributed by atoms with Crippen LogP contribution >= 0.6 is 35.4 Å². The SMILES string of the molecule is O=C(C(=S)NCCCN1CCOCC1)c1ccc(Cl)cc1Cl. The molecule has 0 amide bonds. The van der Waals surface area contributed by atoms with Crippen molar-refractivity contribution >= 4 is 46.2 Å². The summed E-state index contributed by atoms with van der Waals surface area (Å²) in [4.78, 5) is 14.7. The number of hydrogen-bond acceptors (Lipinski definition) is 4. The number of carbonyl (C=O) groups excluding carboxylic acids is 1. The molecule has 1 aliphatic heterocycles. The Kier molecular flexibility index (Phi) is 7.05. The normalized spacial score (nSPS) is 15.5. The predicted molar refractivity (Wildman–Crippen MR) is 93.3 cm³/mol. The van der Waals surface area contributed by atoms with Gasteiger partial charge in [0.05, 0.1) is 18.2 Å². The minimum atomic E-state index is -0.275. The molecule has 1 aromatic rings. The average molecular weight is 361 g/mol.